The van der Waals surface area contributed by atoms with Gasteiger partial charge in [-0.25, -0.2) is 0 Å². The van der Waals surface area contributed by atoms with E-state index >= 15 is 0 Å². The maximum atomic E-state index is 10.4. The summed E-state index contributed by atoms with van der Waals surface area (Å²) in [5.74, 6) is 0. The maximum absolute atomic E-state index is 10.4. The van der Waals surface area contributed by atoms with Crippen LogP contribution in [-0.4, -0.2) is 28.6 Å². The molecule has 3 nitrogen and oxygen atoms in total. The Hall–Kier alpha value is -1.71. The number of benzene rings is 1. The van der Waals surface area contributed by atoms with E-state index in [1.165, 1.54) is 11.1 Å². The molecule has 1 aromatic heterocycles. The highest BCUT2D eigenvalue weighted by atomic mass is 16.3. The summed E-state index contributed by atoms with van der Waals surface area (Å²) in [7, 11) is 2.02. The van der Waals surface area contributed by atoms with Gasteiger partial charge in [0, 0.05) is 25.5 Å². The van der Waals surface area contributed by atoms with Gasteiger partial charge in [-0.1, -0.05) is 23.8 Å². The highest BCUT2D eigenvalue weighted by Crippen LogP contribution is 2.20. The molecule has 3 heteroatoms. The third-order valence-corrected chi connectivity index (χ3v) is 3.47. The zero-order chi connectivity index (χ0) is 14.5. The number of aromatic nitrogens is 1. The van der Waals surface area contributed by atoms with E-state index < -0.39 is 6.10 Å². The molecular weight excluding hydrogens is 248 g/mol. The Balaban J connectivity index is 1.98. The number of hydrogen-bond donors (Lipinski definition) is 1. The van der Waals surface area contributed by atoms with Gasteiger partial charge in [0.05, 0.1) is 6.10 Å². The van der Waals surface area contributed by atoms with Crippen molar-refractivity contribution in [3.8, 4) is 0 Å². The van der Waals surface area contributed by atoms with Crippen LogP contribution in [-0.2, 0) is 6.54 Å². The first kappa shape index (κ1) is 14.7. The summed E-state index contributed by atoms with van der Waals surface area (Å²) in [6, 6.07) is 10.2. The molecule has 0 amide bonds. The van der Waals surface area contributed by atoms with E-state index in [0.717, 1.165) is 17.7 Å². The minimum absolute atomic E-state index is 0.456. The first-order valence-corrected chi connectivity index (χ1v) is 6.89. The van der Waals surface area contributed by atoms with Gasteiger partial charge in [0.1, 0.15) is 0 Å². The van der Waals surface area contributed by atoms with E-state index in [4.69, 9.17) is 0 Å². The van der Waals surface area contributed by atoms with Gasteiger partial charge in [-0.3, -0.25) is 9.88 Å². The molecule has 1 aromatic carbocycles. The van der Waals surface area contributed by atoms with Crippen molar-refractivity contribution in [3.05, 3.63) is 65.0 Å². The van der Waals surface area contributed by atoms with E-state index in [1.54, 1.807) is 12.4 Å². The summed E-state index contributed by atoms with van der Waals surface area (Å²) in [5.41, 5.74) is 4.59. The molecule has 106 valence electrons. The normalized spacial score (nSPS) is 12.7. The van der Waals surface area contributed by atoms with Crippen LogP contribution in [0, 0.1) is 13.8 Å². The monoisotopic (exact) mass is 270 g/mol. The van der Waals surface area contributed by atoms with E-state index in [9.17, 15) is 5.11 Å². The summed E-state index contributed by atoms with van der Waals surface area (Å²) in [5, 5.41) is 10.4. The van der Waals surface area contributed by atoms with Crippen molar-refractivity contribution in [1.82, 2.24) is 9.88 Å². The standard InChI is InChI=1S/C17H22N2O/c1-13-4-5-16(14(2)10-13)17(20)12-19(3)11-15-6-8-18-9-7-15/h4-10,17,20H,11-12H2,1-3H3. The molecule has 0 saturated carbocycles. The molecule has 0 saturated heterocycles. The maximum Gasteiger partial charge on any atom is 0.0919 e. The lowest BCUT2D eigenvalue weighted by Gasteiger charge is -2.22. The lowest BCUT2D eigenvalue weighted by Crippen LogP contribution is -2.24. The Morgan fingerprint density at radius 3 is 2.50 bits per heavy atom. The molecule has 0 aliphatic rings. The molecule has 1 heterocycles. The number of pyridine rings is 1. The van der Waals surface area contributed by atoms with Crippen LogP contribution in [0.4, 0.5) is 0 Å². The zero-order valence-corrected chi connectivity index (χ0v) is 12.4. The van der Waals surface area contributed by atoms with E-state index in [-0.39, 0.29) is 0 Å². The lowest BCUT2D eigenvalue weighted by atomic mass is 10.0. The van der Waals surface area contributed by atoms with Crippen LogP contribution >= 0.6 is 0 Å². The van der Waals surface area contributed by atoms with Crippen LogP contribution in [0.1, 0.15) is 28.4 Å². The second-order valence-electron chi connectivity index (χ2n) is 5.43. The number of hydrogen-bond acceptors (Lipinski definition) is 3. The SMILES string of the molecule is Cc1ccc(C(O)CN(C)Cc2ccncc2)c(C)c1. The quantitative estimate of drug-likeness (QED) is 0.907. The average molecular weight is 270 g/mol. The van der Waals surface area contributed by atoms with Gasteiger partial charge in [0.2, 0.25) is 0 Å². The fraction of sp³-hybridized carbons (Fsp3) is 0.353. The number of nitrogens with zero attached hydrogens (tertiary/aromatic N) is 2. The molecule has 2 rings (SSSR count). The molecule has 0 radical (unpaired) electrons. The molecule has 20 heavy (non-hydrogen) atoms. The highest BCUT2D eigenvalue weighted by Gasteiger charge is 2.13. The van der Waals surface area contributed by atoms with Crippen LogP contribution < -0.4 is 0 Å². The lowest BCUT2D eigenvalue weighted by molar-refractivity contribution is 0.123. The van der Waals surface area contributed by atoms with Gasteiger partial charge in [-0.2, -0.15) is 0 Å². The third-order valence-electron chi connectivity index (χ3n) is 3.47. The molecule has 1 unspecified atom stereocenters. The molecule has 1 N–H and O–H groups in total. The van der Waals surface area contributed by atoms with E-state index in [0.29, 0.717) is 6.54 Å². The predicted molar refractivity (Wildman–Crippen MR) is 81.4 cm³/mol. The van der Waals surface area contributed by atoms with Crippen LogP contribution in [0.25, 0.3) is 0 Å². The van der Waals surface area contributed by atoms with Crippen LogP contribution in [0.3, 0.4) is 0 Å². The summed E-state index contributed by atoms with van der Waals surface area (Å²) in [6.45, 7) is 5.55. The zero-order valence-electron chi connectivity index (χ0n) is 12.4. The number of aryl methyl sites for hydroxylation is 2. The van der Waals surface area contributed by atoms with Gasteiger partial charge in [0.25, 0.3) is 0 Å². The third kappa shape index (κ3) is 3.89. The Morgan fingerprint density at radius 2 is 1.85 bits per heavy atom. The molecular formula is C17H22N2O. The fourth-order valence-corrected chi connectivity index (χ4v) is 2.46. The van der Waals surface area contributed by atoms with Crippen molar-refractivity contribution in [2.45, 2.75) is 26.5 Å². The van der Waals surface area contributed by atoms with E-state index in [1.807, 2.05) is 25.2 Å². The van der Waals surface area contributed by atoms with Gasteiger partial charge < -0.3 is 5.11 Å². The molecule has 0 aliphatic carbocycles. The summed E-state index contributed by atoms with van der Waals surface area (Å²) < 4.78 is 0. The summed E-state index contributed by atoms with van der Waals surface area (Å²) >= 11 is 0. The first-order chi connectivity index (χ1) is 9.56. The second kappa shape index (κ2) is 6.64. The van der Waals surface area contributed by atoms with Crippen molar-refractivity contribution >= 4 is 0 Å². The molecule has 0 aliphatic heterocycles. The van der Waals surface area contributed by atoms with E-state index in [2.05, 4.69) is 35.9 Å². The van der Waals surface area contributed by atoms with Crippen molar-refractivity contribution < 1.29 is 5.11 Å². The van der Waals surface area contributed by atoms with Crippen LogP contribution in [0.5, 0.6) is 0 Å². The Kier molecular flexibility index (Phi) is 4.88. The Labute approximate surface area is 120 Å². The van der Waals surface area contributed by atoms with Crippen molar-refractivity contribution in [1.29, 1.82) is 0 Å². The van der Waals surface area contributed by atoms with Crippen LogP contribution in [0.15, 0.2) is 42.7 Å². The fourth-order valence-electron chi connectivity index (χ4n) is 2.46. The average Bonchev–Trinajstić information content (AvgIpc) is 2.39. The smallest absolute Gasteiger partial charge is 0.0919 e. The first-order valence-electron chi connectivity index (χ1n) is 6.89. The molecule has 1 atom stereocenters. The molecule has 0 spiro atoms. The summed E-state index contributed by atoms with van der Waals surface area (Å²) in [6.07, 6.45) is 3.13. The number of aliphatic hydroxyl groups excluding tert-OH is 1. The predicted octanol–water partition coefficient (Wildman–Crippen LogP) is 2.86. The van der Waals surface area contributed by atoms with Gasteiger partial charge in [-0.15, -0.1) is 0 Å². The van der Waals surface area contributed by atoms with Crippen molar-refractivity contribution in [3.63, 3.8) is 0 Å². The number of rotatable bonds is 5. The van der Waals surface area contributed by atoms with Crippen molar-refractivity contribution in [2.75, 3.05) is 13.6 Å². The van der Waals surface area contributed by atoms with Gasteiger partial charge in [0.15, 0.2) is 0 Å². The highest BCUT2D eigenvalue weighted by molar-refractivity contribution is 5.32. The topological polar surface area (TPSA) is 36.4 Å². The largest absolute Gasteiger partial charge is 0.387 e. The number of aliphatic hydroxyl groups is 1. The molecule has 0 fully saturated rings. The Bertz CT molecular complexity index is 554. The number of likely N-dealkylation sites (N-methyl/N-ethyl adjacent to an activating group) is 1. The van der Waals surface area contributed by atoms with Gasteiger partial charge in [-0.05, 0) is 49.7 Å². The van der Waals surface area contributed by atoms with Crippen LogP contribution in [0.2, 0.25) is 0 Å². The Morgan fingerprint density at radius 1 is 1.15 bits per heavy atom. The molecule has 0 bridgehead atoms. The molecule has 2 aromatic rings. The second-order valence-corrected chi connectivity index (χ2v) is 5.43. The minimum atomic E-state index is -0.456. The minimum Gasteiger partial charge on any atom is -0.387 e. The van der Waals surface area contributed by atoms with Gasteiger partial charge >= 0.3 is 0 Å². The summed E-state index contributed by atoms with van der Waals surface area (Å²) in [4.78, 5) is 6.14. The van der Waals surface area contributed by atoms with Crippen molar-refractivity contribution in [2.24, 2.45) is 0 Å².